The third-order valence-electron chi connectivity index (χ3n) is 2.74. The molecule has 0 bridgehead atoms. The van der Waals surface area contributed by atoms with Crippen molar-refractivity contribution in [3.05, 3.63) is 42.0 Å². The van der Waals surface area contributed by atoms with E-state index in [1.807, 2.05) is 30.3 Å². The van der Waals surface area contributed by atoms with E-state index in [1.165, 1.54) is 0 Å². The standard InChI is InChI=1S/C14H19N3O2/c1-2-6-12(15)14-16-13(17-19-14)9-10-18-11-7-4-3-5-8-11/h3-5,7-8,12H,2,6,9-10,15H2,1H3/t12-/m1/s1. The summed E-state index contributed by atoms with van der Waals surface area (Å²) in [4.78, 5) is 4.28. The fourth-order valence-corrected chi connectivity index (χ4v) is 1.73. The largest absolute Gasteiger partial charge is 0.493 e. The van der Waals surface area contributed by atoms with Crippen LogP contribution < -0.4 is 10.5 Å². The lowest BCUT2D eigenvalue weighted by atomic mass is 10.2. The first-order valence-electron chi connectivity index (χ1n) is 6.55. The summed E-state index contributed by atoms with van der Waals surface area (Å²) in [5, 5.41) is 3.90. The summed E-state index contributed by atoms with van der Waals surface area (Å²) < 4.78 is 10.7. The molecule has 2 rings (SSSR count). The summed E-state index contributed by atoms with van der Waals surface area (Å²) in [5.74, 6) is 1.99. The van der Waals surface area contributed by atoms with Gasteiger partial charge < -0.3 is 15.0 Å². The first-order valence-corrected chi connectivity index (χ1v) is 6.55. The number of ether oxygens (including phenoxy) is 1. The van der Waals surface area contributed by atoms with E-state index in [0.717, 1.165) is 18.6 Å². The van der Waals surface area contributed by atoms with E-state index in [1.54, 1.807) is 0 Å². The van der Waals surface area contributed by atoms with Gasteiger partial charge in [0.25, 0.3) is 0 Å². The van der Waals surface area contributed by atoms with Crippen molar-refractivity contribution >= 4 is 0 Å². The van der Waals surface area contributed by atoms with E-state index in [4.69, 9.17) is 15.0 Å². The molecule has 0 aliphatic carbocycles. The lowest BCUT2D eigenvalue weighted by molar-refractivity contribution is 0.311. The normalized spacial score (nSPS) is 12.3. The maximum absolute atomic E-state index is 5.91. The summed E-state index contributed by atoms with van der Waals surface area (Å²) >= 11 is 0. The minimum absolute atomic E-state index is 0.165. The fraction of sp³-hybridized carbons (Fsp3) is 0.429. The molecule has 0 unspecified atom stereocenters. The van der Waals surface area contributed by atoms with Gasteiger partial charge in [0.2, 0.25) is 5.89 Å². The van der Waals surface area contributed by atoms with Crippen molar-refractivity contribution in [2.75, 3.05) is 6.61 Å². The Kier molecular flexibility index (Phi) is 4.92. The predicted molar refractivity (Wildman–Crippen MR) is 71.8 cm³/mol. The molecule has 5 heteroatoms. The molecular formula is C14H19N3O2. The van der Waals surface area contributed by atoms with Gasteiger partial charge in [-0.2, -0.15) is 4.98 Å². The third-order valence-corrected chi connectivity index (χ3v) is 2.74. The Balaban J connectivity index is 1.80. The average molecular weight is 261 g/mol. The highest BCUT2D eigenvalue weighted by Crippen LogP contribution is 2.13. The third kappa shape index (κ3) is 4.06. The smallest absolute Gasteiger partial charge is 0.243 e. The molecule has 2 N–H and O–H groups in total. The van der Waals surface area contributed by atoms with Crippen LogP contribution in [-0.4, -0.2) is 16.7 Å². The van der Waals surface area contributed by atoms with Crippen molar-refractivity contribution in [2.24, 2.45) is 5.73 Å². The Morgan fingerprint density at radius 3 is 2.84 bits per heavy atom. The minimum atomic E-state index is -0.165. The number of hydrogen-bond acceptors (Lipinski definition) is 5. The first kappa shape index (κ1) is 13.5. The highest BCUT2D eigenvalue weighted by Gasteiger charge is 2.13. The van der Waals surface area contributed by atoms with E-state index in [2.05, 4.69) is 17.1 Å². The number of benzene rings is 1. The van der Waals surface area contributed by atoms with Crippen LogP contribution >= 0.6 is 0 Å². The maximum Gasteiger partial charge on any atom is 0.243 e. The zero-order valence-corrected chi connectivity index (χ0v) is 11.1. The SMILES string of the molecule is CCC[C@@H](N)c1nc(CCOc2ccccc2)no1. The van der Waals surface area contributed by atoms with Gasteiger partial charge in [0, 0.05) is 6.42 Å². The van der Waals surface area contributed by atoms with Crippen molar-refractivity contribution in [3.8, 4) is 5.75 Å². The Hall–Kier alpha value is -1.88. The van der Waals surface area contributed by atoms with Gasteiger partial charge in [0.15, 0.2) is 5.82 Å². The van der Waals surface area contributed by atoms with Crippen molar-refractivity contribution in [3.63, 3.8) is 0 Å². The molecule has 5 nitrogen and oxygen atoms in total. The van der Waals surface area contributed by atoms with Crippen LogP contribution in [0.5, 0.6) is 5.75 Å². The number of aromatic nitrogens is 2. The van der Waals surface area contributed by atoms with Gasteiger partial charge in [-0.15, -0.1) is 0 Å². The van der Waals surface area contributed by atoms with Crippen LogP contribution in [0, 0.1) is 0 Å². The molecule has 0 amide bonds. The number of nitrogens with two attached hydrogens (primary N) is 1. The van der Waals surface area contributed by atoms with Gasteiger partial charge in [0.05, 0.1) is 12.6 Å². The molecule has 19 heavy (non-hydrogen) atoms. The molecule has 0 saturated carbocycles. The first-order chi connectivity index (χ1) is 9.29. The van der Waals surface area contributed by atoms with Crippen molar-refractivity contribution in [2.45, 2.75) is 32.2 Å². The van der Waals surface area contributed by atoms with Crippen LogP contribution in [0.15, 0.2) is 34.9 Å². The van der Waals surface area contributed by atoms with E-state index >= 15 is 0 Å². The summed E-state index contributed by atoms with van der Waals surface area (Å²) in [6.07, 6.45) is 2.45. The molecular weight excluding hydrogens is 242 g/mol. The van der Waals surface area contributed by atoms with Crippen LogP contribution in [0.25, 0.3) is 0 Å². The fourth-order valence-electron chi connectivity index (χ4n) is 1.73. The lowest BCUT2D eigenvalue weighted by Gasteiger charge is -2.03. The molecule has 0 spiro atoms. The number of para-hydroxylation sites is 1. The van der Waals surface area contributed by atoms with Gasteiger partial charge in [-0.3, -0.25) is 0 Å². The zero-order valence-electron chi connectivity index (χ0n) is 11.1. The van der Waals surface area contributed by atoms with Gasteiger partial charge in [0.1, 0.15) is 5.75 Å². The Morgan fingerprint density at radius 2 is 2.11 bits per heavy atom. The van der Waals surface area contributed by atoms with E-state index in [9.17, 15) is 0 Å². The second kappa shape index (κ2) is 6.89. The summed E-state index contributed by atoms with van der Waals surface area (Å²) in [6.45, 7) is 2.59. The quantitative estimate of drug-likeness (QED) is 0.828. The number of rotatable bonds is 7. The molecule has 1 aromatic heterocycles. The van der Waals surface area contributed by atoms with Crippen LogP contribution in [-0.2, 0) is 6.42 Å². The van der Waals surface area contributed by atoms with Crippen LogP contribution in [0.3, 0.4) is 0 Å². The summed E-state index contributed by atoms with van der Waals surface area (Å²) in [7, 11) is 0. The number of hydrogen-bond donors (Lipinski definition) is 1. The van der Waals surface area contributed by atoms with Crippen LogP contribution in [0.2, 0.25) is 0 Å². The molecule has 1 aromatic carbocycles. The minimum Gasteiger partial charge on any atom is -0.493 e. The molecule has 1 atom stereocenters. The van der Waals surface area contributed by atoms with Crippen LogP contribution in [0.4, 0.5) is 0 Å². The summed E-state index contributed by atoms with van der Waals surface area (Å²) in [5.41, 5.74) is 5.91. The van der Waals surface area contributed by atoms with Crippen molar-refractivity contribution in [1.82, 2.24) is 10.1 Å². The molecule has 0 saturated heterocycles. The molecule has 0 aliphatic rings. The molecule has 0 fully saturated rings. The Labute approximate surface area is 112 Å². The number of nitrogens with zero attached hydrogens (tertiary/aromatic N) is 2. The molecule has 0 aliphatic heterocycles. The highest BCUT2D eigenvalue weighted by molar-refractivity contribution is 5.20. The lowest BCUT2D eigenvalue weighted by Crippen LogP contribution is -2.10. The van der Waals surface area contributed by atoms with Gasteiger partial charge in [-0.1, -0.05) is 36.7 Å². The highest BCUT2D eigenvalue weighted by atomic mass is 16.5. The summed E-state index contributed by atoms with van der Waals surface area (Å²) in [6, 6.07) is 9.49. The average Bonchev–Trinajstić information content (AvgIpc) is 2.89. The Morgan fingerprint density at radius 1 is 1.32 bits per heavy atom. The molecule has 1 heterocycles. The van der Waals surface area contributed by atoms with E-state index in [-0.39, 0.29) is 6.04 Å². The topological polar surface area (TPSA) is 74.2 Å². The van der Waals surface area contributed by atoms with Crippen molar-refractivity contribution in [1.29, 1.82) is 0 Å². The van der Waals surface area contributed by atoms with E-state index < -0.39 is 0 Å². The zero-order chi connectivity index (χ0) is 13.5. The molecule has 2 aromatic rings. The predicted octanol–water partition coefficient (Wildman–Crippen LogP) is 2.49. The Bertz CT molecular complexity index is 484. The van der Waals surface area contributed by atoms with Crippen molar-refractivity contribution < 1.29 is 9.26 Å². The van der Waals surface area contributed by atoms with Gasteiger partial charge in [-0.25, -0.2) is 0 Å². The van der Waals surface area contributed by atoms with Gasteiger partial charge in [-0.05, 0) is 18.6 Å². The second-order valence-corrected chi connectivity index (χ2v) is 4.36. The molecule has 102 valence electrons. The van der Waals surface area contributed by atoms with E-state index in [0.29, 0.717) is 24.7 Å². The van der Waals surface area contributed by atoms with Crippen LogP contribution in [0.1, 0.15) is 37.5 Å². The monoisotopic (exact) mass is 261 g/mol. The second-order valence-electron chi connectivity index (χ2n) is 4.36. The maximum atomic E-state index is 5.91. The molecule has 0 radical (unpaired) electrons. The van der Waals surface area contributed by atoms with Gasteiger partial charge >= 0.3 is 0 Å².